The van der Waals surface area contributed by atoms with Crippen LogP contribution in [0.3, 0.4) is 0 Å². The van der Waals surface area contributed by atoms with Gasteiger partial charge in [-0.3, -0.25) is 4.79 Å². The lowest BCUT2D eigenvalue weighted by molar-refractivity contribution is 0.0551. The van der Waals surface area contributed by atoms with E-state index in [0.717, 1.165) is 35.6 Å². The van der Waals surface area contributed by atoms with Crippen molar-refractivity contribution in [2.24, 2.45) is 0 Å². The molecule has 3 aliphatic rings. The summed E-state index contributed by atoms with van der Waals surface area (Å²) in [6.07, 6.45) is 4.55. The number of rotatable bonds is 1. The first kappa shape index (κ1) is 16.7. The van der Waals surface area contributed by atoms with Gasteiger partial charge in [0.2, 0.25) is 5.76 Å². The van der Waals surface area contributed by atoms with Gasteiger partial charge in [-0.15, -0.1) is 0 Å². The fourth-order valence-electron chi connectivity index (χ4n) is 4.96. The van der Waals surface area contributed by atoms with Crippen molar-refractivity contribution in [3.63, 3.8) is 0 Å². The first-order chi connectivity index (χ1) is 13.1. The molecule has 1 atom stereocenters. The molecule has 1 amide bonds. The Bertz CT molecular complexity index is 898. The van der Waals surface area contributed by atoms with Crippen molar-refractivity contribution < 1.29 is 18.8 Å². The molecule has 5 rings (SSSR count). The van der Waals surface area contributed by atoms with Crippen LogP contribution in [0.4, 0.5) is 0 Å². The lowest BCUT2D eigenvalue weighted by Crippen LogP contribution is -2.48. The summed E-state index contributed by atoms with van der Waals surface area (Å²) in [7, 11) is 0. The summed E-state index contributed by atoms with van der Waals surface area (Å²) < 4.78 is 16.9. The largest absolute Gasteiger partial charge is 0.486 e. The van der Waals surface area contributed by atoms with Crippen molar-refractivity contribution in [2.75, 3.05) is 19.8 Å². The minimum absolute atomic E-state index is 0.0115. The van der Waals surface area contributed by atoms with Gasteiger partial charge in [0.25, 0.3) is 5.91 Å². The quantitative estimate of drug-likeness (QED) is 0.766. The number of nitrogens with zero attached hydrogens (tertiary/aromatic N) is 2. The van der Waals surface area contributed by atoms with E-state index in [-0.39, 0.29) is 17.4 Å². The molecule has 1 aromatic carbocycles. The van der Waals surface area contributed by atoms with E-state index in [1.54, 1.807) is 6.07 Å². The highest BCUT2D eigenvalue weighted by atomic mass is 16.6. The third-order valence-corrected chi connectivity index (χ3v) is 6.34. The number of aromatic nitrogens is 1. The van der Waals surface area contributed by atoms with Crippen LogP contribution in [-0.4, -0.2) is 35.7 Å². The molecule has 1 spiro atoms. The second-order valence-electron chi connectivity index (χ2n) is 8.01. The zero-order valence-corrected chi connectivity index (χ0v) is 15.8. The molecule has 0 radical (unpaired) electrons. The average molecular weight is 368 g/mol. The Balaban J connectivity index is 1.61. The molecule has 27 heavy (non-hydrogen) atoms. The van der Waals surface area contributed by atoms with Crippen LogP contribution in [0.25, 0.3) is 0 Å². The molecule has 1 unspecified atom stereocenters. The summed E-state index contributed by atoms with van der Waals surface area (Å²) >= 11 is 0. The zero-order chi connectivity index (χ0) is 18.6. The van der Waals surface area contributed by atoms with Gasteiger partial charge < -0.3 is 18.9 Å². The van der Waals surface area contributed by atoms with Gasteiger partial charge >= 0.3 is 0 Å². The number of carbonyl (C=O) groups is 1. The van der Waals surface area contributed by atoms with E-state index < -0.39 is 0 Å². The molecule has 1 aromatic heterocycles. The number of hydrogen-bond acceptors (Lipinski definition) is 5. The third-order valence-electron chi connectivity index (χ3n) is 6.34. The molecular formula is C21H24N2O4. The van der Waals surface area contributed by atoms with Crippen LogP contribution in [-0.2, 0) is 5.41 Å². The fourth-order valence-corrected chi connectivity index (χ4v) is 4.96. The lowest BCUT2D eigenvalue weighted by atomic mass is 9.71. The molecule has 0 saturated heterocycles. The highest BCUT2D eigenvalue weighted by Gasteiger charge is 2.47. The normalized spacial score (nSPS) is 22.7. The molecule has 142 valence electrons. The molecule has 1 fully saturated rings. The highest BCUT2D eigenvalue weighted by molar-refractivity contribution is 5.92. The van der Waals surface area contributed by atoms with Crippen LogP contribution in [0.15, 0.2) is 22.7 Å². The molecule has 1 saturated carbocycles. The van der Waals surface area contributed by atoms with E-state index in [2.05, 4.69) is 24.2 Å². The first-order valence-corrected chi connectivity index (χ1v) is 9.76. The summed E-state index contributed by atoms with van der Waals surface area (Å²) in [6.45, 7) is 5.77. The van der Waals surface area contributed by atoms with Crippen LogP contribution in [0.5, 0.6) is 11.5 Å². The van der Waals surface area contributed by atoms with Crippen molar-refractivity contribution in [2.45, 2.75) is 51.0 Å². The van der Waals surface area contributed by atoms with Gasteiger partial charge in [-0.05, 0) is 49.9 Å². The topological polar surface area (TPSA) is 64.8 Å². The fraction of sp³-hybridized carbons (Fsp3) is 0.524. The maximum atomic E-state index is 13.2. The number of amides is 1. The minimum Gasteiger partial charge on any atom is -0.486 e. The van der Waals surface area contributed by atoms with E-state index >= 15 is 0 Å². The zero-order valence-electron chi connectivity index (χ0n) is 15.8. The monoisotopic (exact) mass is 368 g/mol. The number of benzene rings is 1. The number of ether oxygens (including phenoxy) is 2. The van der Waals surface area contributed by atoms with Gasteiger partial charge in [0.15, 0.2) is 11.5 Å². The third kappa shape index (κ3) is 2.53. The van der Waals surface area contributed by atoms with Crippen molar-refractivity contribution >= 4 is 5.91 Å². The average Bonchev–Trinajstić information content (AvgIpc) is 3.33. The smallest absolute Gasteiger partial charge is 0.293 e. The van der Waals surface area contributed by atoms with Gasteiger partial charge in [-0.1, -0.05) is 18.0 Å². The van der Waals surface area contributed by atoms with Crippen molar-refractivity contribution in [1.82, 2.24) is 10.1 Å². The maximum absolute atomic E-state index is 13.2. The standard InChI is InChI=1S/C21H24N2O4/c1-13-9-19(27-22-13)20(24)23-12-21(5-3-4-6-21)16-11-18-17(25-7-8-26-18)10-15(16)14(23)2/h9-11,14H,3-8,12H2,1-2H3. The van der Waals surface area contributed by atoms with Crippen molar-refractivity contribution in [3.05, 3.63) is 40.8 Å². The summed E-state index contributed by atoms with van der Waals surface area (Å²) in [6, 6.07) is 5.92. The first-order valence-electron chi connectivity index (χ1n) is 9.76. The van der Waals surface area contributed by atoms with Gasteiger partial charge in [-0.25, -0.2) is 0 Å². The summed E-state index contributed by atoms with van der Waals surface area (Å²) in [4.78, 5) is 15.1. The lowest BCUT2D eigenvalue weighted by Gasteiger charge is -2.46. The van der Waals surface area contributed by atoms with E-state index in [0.29, 0.717) is 25.5 Å². The summed E-state index contributed by atoms with van der Waals surface area (Å²) in [5.74, 6) is 1.84. The van der Waals surface area contributed by atoms with E-state index in [4.69, 9.17) is 14.0 Å². The molecular weight excluding hydrogens is 344 g/mol. The molecule has 6 nitrogen and oxygen atoms in total. The Morgan fingerprint density at radius 2 is 1.85 bits per heavy atom. The van der Waals surface area contributed by atoms with Gasteiger partial charge in [0.05, 0.1) is 11.7 Å². The predicted molar refractivity (Wildman–Crippen MR) is 98.3 cm³/mol. The predicted octanol–water partition coefficient (Wildman–Crippen LogP) is 3.78. The van der Waals surface area contributed by atoms with Crippen LogP contribution < -0.4 is 9.47 Å². The van der Waals surface area contributed by atoms with E-state index in [1.807, 2.05) is 11.8 Å². The van der Waals surface area contributed by atoms with E-state index in [1.165, 1.54) is 18.4 Å². The van der Waals surface area contributed by atoms with Crippen LogP contribution in [0.2, 0.25) is 0 Å². The maximum Gasteiger partial charge on any atom is 0.293 e. The highest BCUT2D eigenvalue weighted by Crippen LogP contribution is 2.52. The Kier molecular flexibility index (Phi) is 3.71. The Labute approximate surface area is 158 Å². The van der Waals surface area contributed by atoms with Crippen molar-refractivity contribution in [3.8, 4) is 11.5 Å². The Hall–Kier alpha value is -2.50. The van der Waals surface area contributed by atoms with Crippen molar-refractivity contribution in [1.29, 1.82) is 0 Å². The number of carbonyl (C=O) groups excluding carboxylic acids is 1. The number of aryl methyl sites for hydroxylation is 1. The SMILES string of the molecule is Cc1cc(C(=O)N2CC3(CCCC3)c3cc4c(cc3C2C)OCCO4)on1. The van der Waals surface area contributed by atoms with E-state index in [9.17, 15) is 4.79 Å². The molecule has 0 N–H and O–H groups in total. The molecule has 3 heterocycles. The minimum atomic E-state index is -0.0880. The molecule has 6 heteroatoms. The van der Waals surface area contributed by atoms with Crippen LogP contribution in [0.1, 0.15) is 66.0 Å². The summed E-state index contributed by atoms with van der Waals surface area (Å²) in [5, 5.41) is 3.89. The molecule has 2 aliphatic heterocycles. The van der Waals surface area contributed by atoms with Crippen LogP contribution >= 0.6 is 0 Å². The molecule has 0 bridgehead atoms. The summed E-state index contributed by atoms with van der Waals surface area (Å²) in [5.41, 5.74) is 3.20. The van der Waals surface area contributed by atoms with Gasteiger partial charge in [-0.2, -0.15) is 0 Å². The van der Waals surface area contributed by atoms with Gasteiger partial charge in [0, 0.05) is 18.0 Å². The number of hydrogen-bond donors (Lipinski definition) is 0. The molecule has 1 aliphatic carbocycles. The Morgan fingerprint density at radius 3 is 2.52 bits per heavy atom. The second kappa shape index (κ2) is 6.01. The second-order valence-corrected chi connectivity index (χ2v) is 8.01. The van der Waals surface area contributed by atoms with Gasteiger partial charge in [0.1, 0.15) is 13.2 Å². The number of fused-ring (bicyclic) bond motifs is 3. The molecule has 2 aromatic rings. The Morgan fingerprint density at radius 1 is 1.15 bits per heavy atom. The van der Waals surface area contributed by atoms with Crippen LogP contribution in [0, 0.1) is 6.92 Å².